The van der Waals surface area contributed by atoms with Crippen LogP contribution in [0.2, 0.25) is 0 Å². The number of ether oxygens (including phenoxy) is 1. The van der Waals surface area contributed by atoms with Crippen LogP contribution in [0.4, 0.5) is 0 Å². The normalized spacial score (nSPS) is 28.9. The second-order valence-electron chi connectivity index (χ2n) is 8.00. The summed E-state index contributed by atoms with van der Waals surface area (Å²) in [6, 6.07) is 9.45. The molecule has 5 rings (SSSR count). The molecule has 2 saturated heterocycles. The third-order valence-electron chi connectivity index (χ3n) is 6.65. The zero-order valence-electron chi connectivity index (χ0n) is 14.9. The molecule has 4 heteroatoms. The summed E-state index contributed by atoms with van der Waals surface area (Å²) >= 11 is 0. The van der Waals surface area contributed by atoms with Crippen molar-refractivity contribution < 1.29 is 9.53 Å². The van der Waals surface area contributed by atoms with E-state index in [9.17, 15) is 4.79 Å². The summed E-state index contributed by atoms with van der Waals surface area (Å²) < 4.78 is 8.39. The molecule has 2 fully saturated rings. The van der Waals surface area contributed by atoms with Crippen molar-refractivity contribution in [3.8, 4) is 0 Å². The summed E-state index contributed by atoms with van der Waals surface area (Å²) in [6.45, 7) is 1.02. The third kappa shape index (κ3) is 2.42. The van der Waals surface area contributed by atoms with Gasteiger partial charge in [-0.3, -0.25) is 0 Å². The van der Waals surface area contributed by atoms with Crippen LogP contribution in [0, 0.1) is 0 Å². The van der Waals surface area contributed by atoms with E-state index >= 15 is 0 Å². The summed E-state index contributed by atoms with van der Waals surface area (Å²) in [4.78, 5) is 15.6. The van der Waals surface area contributed by atoms with Crippen molar-refractivity contribution in [2.75, 3.05) is 7.05 Å². The second-order valence-corrected chi connectivity index (χ2v) is 8.00. The highest BCUT2D eigenvalue weighted by atomic mass is 16.5. The summed E-state index contributed by atoms with van der Waals surface area (Å²) in [5.74, 6) is -0.0977. The molecule has 1 aromatic heterocycles. The van der Waals surface area contributed by atoms with Crippen molar-refractivity contribution in [3.63, 3.8) is 0 Å². The molecule has 1 aromatic carbocycles. The van der Waals surface area contributed by atoms with Crippen LogP contribution in [0.3, 0.4) is 0 Å². The highest BCUT2D eigenvalue weighted by Gasteiger charge is 2.38. The Labute approximate surface area is 148 Å². The van der Waals surface area contributed by atoms with E-state index in [4.69, 9.17) is 4.74 Å². The molecule has 3 aliphatic heterocycles. The first-order valence-electron chi connectivity index (χ1n) is 9.75. The first-order valence-corrected chi connectivity index (χ1v) is 9.75. The van der Waals surface area contributed by atoms with Crippen molar-refractivity contribution in [2.45, 2.75) is 69.7 Å². The summed E-state index contributed by atoms with van der Waals surface area (Å²) in [5.41, 5.74) is 3.19. The van der Waals surface area contributed by atoms with Gasteiger partial charge in [-0.25, -0.2) is 4.79 Å². The predicted molar refractivity (Wildman–Crippen MR) is 97.9 cm³/mol. The molecule has 2 bridgehead atoms. The van der Waals surface area contributed by atoms with E-state index in [0.717, 1.165) is 43.2 Å². The van der Waals surface area contributed by atoms with E-state index in [-0.39, 0.29) is 12.1 Å². The van der Waals surface area contributed by atoms with E-state index in [1.165, 1.54) is 30.5 Å². The zero-order valence-corrected chi connectivity index (χ0v) is 14.9. The lowest BCUT2D eigenvalue weighted by Gasteiger charge is -2.46. The number of esters is 1. The number of aryl methyl sites for hydroxylation is 1. The molecule has 0 aliphatic carbocycles. The molecule has 4 heterocycles. The predicted octanol–water partition coefficient (Wildman–Crippen LogP) is 3.76. The number of piperidine rings is 2. The average Bonchev–Trinajstić information content (AvgIpc) is 3.16. The maximum absolute atomic E-state index is 13.1. The van der Waals surface area contributed by atoms with Gasteiger partial charge in [0.2, 0.25) is 0 Å². The smallest absolute Gasteiger partial charge is 0.340 e. The fourth-order valence-corrected chi connectivity index (χ4v) is 5.38. The molecule has 0 spiro atoms. The Hall–Kier alpha value is -1.81. The van der Waals surface area contributed by atoms with Gasteiger partial charge >= 0.3 is 5.97 Å². The van der Waals surface area contributed by atoms with Crippen molar-refractivity contribution in [1.82, 2.24) is 9.47 Å². The summed E-state index contributed by atoms with van der Waals surface area (Å²) in [6.07, 6.45) is 7.97. The monoisotopic (exact) mass is 338 g/mol. The Morgan fingerprint density at radius 1 is 1.12 bits per heavy atom. The van der Waals surface area contributed by atoms with Gasteiger partial charge in [0.05, 0.1) is 5.56 Å². The average molecular weight is 338 g/mol. The third-order valence-corrected chi connectivity index (χ3v) is 6.65. The number of aromatic nitrogens is 1. The number of hydrogen-bond donors (Lipinski definition) is 0. The number of fused-ring (bicyclic) bond motifs is 5. The van der Waals surface area contributed by atoms with Gasteiger partial charge in [0.25, 0.3) is 0 Å². The Morgan fingerprint density at radius 3 is 2.68 bits per heavy atom. The molecular weight excluding hydrogens is 312 g/mol. The van der Waals surface area contributed by atoms with Crippen molar-refractivity contribution in [2.24, 2.45) is 0 Å². The molecule has 1 unspecified atom stereocenters. The number of rotatable bonds is 2. The molecule has 2 aromatic rings. The molecule has 0 amide bonds. The van der Waals surface area contributed by atoms with Gasteiger partial charge in [-0.05, 0) is 38.8 Å². The Kier molecular flexibility index (Phi) is 3.63. The highest BCUT2D eigenvalue weighted by Crippen LogP contribution is 2.36. The number of para-hydroxylation sites is 1. The fourth-order valence-electron chi connectivity index (χ4n) is 5.38. The minimum Gasteiger partial charge on any atom is -0.459 e. The van der Waals surface area contributed by atoms with Gasteiger partial charge in [0, 0.05) is 48.1 Å². The molecule has 132 valence electrons. The minimum absolute atomic E-state index is 0.0784. The molecule has 3 atom stereocenters. The number of hydrogen-bond acceptors (Lipinski definition) is 3. The largest absolute Gasteiger partial charge is 0.459 e. The zero-order chi connectivity index (χ0) is 17.0. The summed E-state index contributed by atoms with van der Waals surface area (Å²) in [5, 5.41) is 1.07. The van der Waals surface area contributed by atoms with Gasteiger partial charge in [-0.15, -0.1) is 0 Å². The van der Waals surface area contributed by atoms with E-state index in [1.807, 2.05) is 6.07 Å². The van der Waals surface area contributed by atoms with Gasteiger partial charge in [0.15, 0.2) is 0 Å². The first-order chi connectivity index (χ1) is 12.2. The van der Waals surface area contributed by atoms with Crippen LogP contribution in [-0.4, -0.2) is 40.7 Å². The van der Waals surface area contributed by atoms with Crippen LogP contribution in [0.5, 0.6) is 0 Å². The number of carbonyl (C=O) groups is 1. The van der Waals surface area contributed by atoms with E-state index in [0.29, 0.717) is 12.1 Å². The van der Waals surface area contributed by atoms with Crippen molar-refractivity contribution in [1.29, 1.82) is 0 Å². The Morgan fingerprint density at radius 2 is 1.88 bits per heavy atom. The SMILES string of the molecule is CN1[C@@H]2CCC[C@H]1CC(OC(=O)c1c3n(c4ccccc14)CCC3)C2. The minimum atomic E-state index is -0.0977. The lowest BCUT2D eigenvalue weighted by atomic mass is 9.83. The standard InChI is InChI=1S/C21H26N2O2/c1-22-14-6-4-7-15(22)13-16(12-14)25-21(24)20-17-8-2-3-9-18(17)23-11-5-10-19(20)23/h2-3,8-9,14-16H,4-7,10-13H2,1H3/t14-,15+,16?. The van der Waals surface area contributed by atoms with Crippen LogP contribution >= 0.6 is 0 Å². The second kappa shape index (κ2) is 5.87. The van der Waals surface area contributed by atoms with Crippen LogP contribution in [0.1, 0.15) is 54.6 Å². The van der Waals surface area contributed by atoms with E-state index in [1.54, 1.807) is 0 Å². The molecule has 0 saturated carbocycles. The van der Waals surface area contributed by atoms with E-state index in [2.05, 4.69) is 34.7 Å². The molecule has 4 nitrogen and oxygen atoms in total. The maximum atomic E-state index is 13.1. The van der Waals surface area contributed by atoms with Crippen molar-refractivity contribution >= 4 is 16.9 Å². The summed E-state index contributed by atoms with van der Waals surface area (Å²) in [7, 11) is 2.24. The molecule has 3 aliphatic rings. The number of carbonyl (C=O) groups excluding carboxylic acids is 1. The van der Waals surface area contributed by atoms with Gasteiger partial charge < -0.3 is 14.2 Å². The lowest BCUT2D eigenvalue weighted by Crippen LogP contribution is -2.52. The molecule has 0 N–H and O–H groups in total. The number of nitrogens with zero attached hydrogens (tertiary/aromatic N) is 2. The topological polar surface area (TPSA) is 34.5 Å². The van der Waals surface area contributed by atoms with Crippen LogP contribution < -0.4 is 0 Å². The van der Waals surface area contributed by atoms with Crippen molar-refractivity contribution in [3.05, 3.63) is 35.5 Å². The van der Waals surface area contributed by atoms with Gasteiger partial charge in [-0.1, -0.05) is 24.6 Å². The Bertz CT molecular complexity index is 811. The van der Waals surface area contributed by atoms with Gasteiger partial charge in [-0.2, -0.15) is 0 Å². The maximum Gasteiger partial charge on any atom is 0.340 e. The van der Waals surface area contributed by atoms with Crippen LogP contribution in [-0.2, 0) is 17.7 Å². The lowest BCUT2D eigenvalue weighted by molar-refractivity contribution is -0.0318. The first kappa shape index (κ1) is 15.4. The highest BCUT2D eigenvalue weighted by molar-refractivity contribution is 6.06. The van der Waals surface area contributed by atoms with Gasteiger partial charge in [0.1, 0.15) is 6.10 Å². The number of benzene rings is 1. The quantitative estimate of drug-likeness (QED) is 0.782. The fraction of sp³-hybridized carbons (Fsp3) is 0.571. The van der Waals surface area contributed by atoms with E-state index < -0.39 is 0 Å². The molecule has 25 heavy (non-hydrogen) atoms. The molecular formula is C21H26N2O2. The molecule has 0 radical (unpaired) electrons. The Balaban J connectivity index is 1.43. The van der Waals surface area contributed by atoms with Crippen LogP contribution in [0.15, 0.2) is 24.3 Å². The van der Waals surface area contributed by atoms with Crippen LogP contribution in [0.25, 0.3) is 10.9 Å².